The third-order valence-corrected chi connectivity index (χ3v) is 3.95. The molecule has 1 fully saturated rings. The predicted octanol–water partition coefficient (Wildman–Crippen LogP) is 1.37. The monoisotopic (exact) mass is 288 g/mol. The van der Waals surface area contributed by atoms with Crippen LogP contribution in [0.3, 0.4) is 0 Å². The number of nitrogens with zero attached hydrogens (tertiary/aromatic N) is 2. The zero-order chi connectivity index (χ0) is 14.8. The largest absolute Gasteiger partial charge is 0.399 e. The molecule has 3 rings (SSSR count). The van der Waals surface area contributed by atoms with E-state index in [0.717, 1.165) is 32.6 Å². The van der Waals surface area contributed by atoms with Gasteiger partial charge in [0, 0.05) is 32.5 Å². The van der Waals surface area contributed by atoms with Gasteiger partial charge in [-0.2, -0.15) is 0 Å². The van der Waals surface area contributed by atoms with Crippen LogP contribution in [0.4, 0.5) is 11.6 Å². The van der Waals surface area contributed by atoms with Crippen molar-refractivity contribution in [2.75, 3.05) is 37.4 Å². The number of anilines is 2. The standard InChI is InChI=1S/C15H20N4O2/c1-19(9-10-4-6-21-7-5-10)15-17-13-3-2-11(16)8-12(13)14(20)18-15/h2-3,8,10H,4-7,9,16H2,1H3,(H,17,18,20). The van der Waals surface area contributed by atoms with Crippen molar-refractivity contribution in [2.45, 2.75) is 12.8 Å². The summed E-state index contributed by atoms with van der Waals surface area (Å²) in [5.41, 5.74) is 6.80. The zero-order valence-electron chi connectivity index (χ0n) is 12.1. The lowest BCUT2D eigenvalue weighted by molar-refractivity contribution is 0.0684. The van der Waals surface area contributed by atoms with Crippen LogP contribution in [-0.4, -0.2) is 36.8 Å². The molecular formula is C15H20N4O2. The highest BCUT2D eigenvalue weighted by molar-refractivity contribution is 5.81. The van der Waals surface area contributed by atoms with Crippen molar-refractivity contribution >= 4 is 22.5 Å². The maximum absolute atomic E-state index is 12.2. The molecule has 2 heterocycles. The van der Waals surface area contributed by atoms with E-state index in [4.69, 9.17) is 10.5 Å². The first-order chi connectivity index (χ1) is 10.1. The second kappa shape index (κ2) is 5.73. The van der Waals surface area contributed by atoms with E-state index in [-0.39, 0.29) is 5.56 Å². The maximum Gasteiger partial charge on any atom is 0.260 e. The Balaban J connectivity index is 1.86. The molecule has 2 aromatic rings. The summed E-state index contributed by atoms with van der Waals surface area (Å²) in [7, 11) is 1.96. The first-order valence-electron chi connectivity index (χ1n) is 7.22. The van der Waals surface area contributed by atoms with Crippen LogP contribution >= 0.6 is 0 Å². The Hall–Kier alpha value is -2.08. The first kappa shape index (κ1) is 13.9. The number of nitrogens with one attached hydrogen (secondary N) is 1. The molecule has 1 aromatic heterocycles. The van der Waals surface area contributed by atoms with Crippen molar-refractivity contribution in [2.24, 2.45) is 5.92 Å². The molecule has 0 radical (unpaired) electrons. The van der Waals surface area contributed by atoms with E-state index in [1.165, 1.54) is 0 Å². The van der Waals surface area contributed by atoms with Crippen LogP contribution in [-0.2, 0) is 4.74 Å². The van der Waals surface area contributed by atoms with Crippen LogP contribution in [0.1, 0.15) is 12.8 Å². The van der Waals surface area contributed by atoms with Gasteiger partial charge in [0.2, 0.25) is 5.95 Å². The van der Waals surface area contributed by atoms with E-state index in [0.29, 0.717) is 28.5 Å². The zero-order valence-corrected chi connectivity index (χ0v) is 12.1. The molecule has 1 aromatic carbocycles. The van der Waals surface area contributed by atoms with Gasteiger partial charge in [0.05, 0.1) is 10.9 Å². The molecule has 0 bridgehead atoms. The summed E-state index contributed by atoms with van der Waals surface area (Å²) in [5, 5.41) is 0.526. The summed E-state index contributed by atoms with van der Waals surface area (Å²) < 4.78 is 5.37. The SMILES string of the molecule is CN(CC1CCOCC1)c1nc2ccc(N)cc2c(=O)[nH]1. The fourth-order valence-electron chi connectivity index (χ4n) is 2.73. The number of benzene rings is 1. The quantitative estimate of drug-likeness (QED) is 0.833. The molecule has 6 heteroatoms. The summed E-state index contributed by atoms with van der Waals surface area (Å²) in [5.74, 6) is 1.18. The highest BCUT2D eigenvalue weighted by Gasteiger charge is 2.17. The molecule has 0 spiro atoms. The Morgan fingerprint density at radius 2 is 2.19 bits per heavy atom. The van der Waals surface area contributed by atoms with E-state index in [1.807, 2.05) is 11.9 Å². The van der Waals surface area contributed by atoms with Gasteiger partial charge in [0.1, 0.15) is 0 Å². The van der Waals surface area contributed by atoms with Gasteiger partial charge in [0.25, 0.3) is 5.56 Å². The van der Waals surface area contributed by atoms with Crippen molar-refractivity contribution in [1.29, 1.82) is 0 Å². The second-order valence-corrected chi connectivity index (χ2v) is 5.60. The molecule has 0 amide bonds. The number of hydrogen-bond acceptors (Lipinski definition) is 5. The smallest absolute Gasteiger partial charge is 0.260 e. The lowest BCUT2D eigenvalue weighted by Gasteiger charge is -2.27. The molecule has 0 saturated carbocycles. The fourth-order valence-corrected chi connectivity index (χ4v) is 2.73. The molecule has 1 aliphatic heterocycles. The van der Waals surface area contributed by atoms with Gasteiger partial charge in [-0.3, -0.25) is 9.78 Å². The van der Waals surface area contributed by atoms with Gasteiger partial charge in [-0.1, -0.05) is 0 Å². The number of fused-ring (bicyclic) bond motifs is 1. The van der Waals surface area contributed by atoms with Crippen molar-refractivity contribution < 1.29 is 4.74 Å². The normalized spacial score (nSPS) is 16.2. The average molecular weight is 288 g/mol. The van der Waals surface area contributed by atoms with E-state index < -0.39 is 0 Å². The molecule has 1 saturated heterocycles. The van der Waals surface area contributed by atoms with Gasteiger partial charge >= 0.3 is 0 Å². The number of nitrogen functional groups attached to an aromatic ring is 1. The molecule has 0 unspecified atom stereocenters. The molecule has 1 aliphatic rings. The summed E-state index contributed by atoms with van der Waals surface area (Å²) in [6, 6.07) is 5.20. The minimum atomic E-state index is -0.152. The van der Waals surface area contributed by atoms with Crippen molar-refractivity contribution in [3.63, 3.8) is 0 Å². The van der Waals surface area contributed by atoms with Gasteiger partial charge in [-0.15, -0.1) is 0 Å². The van der Waals surface area contributed by atoms with Crippen LogP contribution in [0, 0.1) is 5.92 Å². The predicted molar refractivity (Wildman–Crippen MR) is 83.6 cm³/mol. The topological polar surface area (TPSA) is 84.2 Å². The third kappa shape index (κ3) is 3.00. The summed E-state index contributed by atoms with van der Waals surface area (Å²) in [6.07, 6.45) is 2.11. The number of rotatable bonds is 3. The number of aromatic nitrogens is 2. The number of ether oxygens (including phenoxy) is 1. The Morgan fingerprint density at radius 1 is 1.43 bits per heavy atom. The summed E-state index contributed by atoms with van der Waals surface area (Å²) in [4.78, 5) is 21.5. The van der Waals surface area contributed by atoms with Crippen molar-refractivity contribution in [3.05, 3.63) is 28.6 Å². The molecule has 0 aliphatic carbocycles. The van der Waals surface area contributed by atoms with Gasteiger partial charge in [-0.05, 0) is 37.0 Å². The number of hydrogen-bond donors (Lipinski definition) is 2. The Labute approximate surface area is 122 Å². The summed E-state index contributed by atoms with van der Waals surface area (Å²) >= 11 is 0. The lowest BCUT2D eigenvalue weighted by Crippen LogP contribution is -2.31. The maximum atomic E-state index is 12.2. The molecule has 112 valence electrons. The fraction of sp³-hybridized carbons (Fsp3) is 0.467. The number of H-pyrrole nitrogens is 1. The van der Waals surface area contributed by atoms with Crippen LogP contribution in [0.25, 0.3) is 10.9 Å². The minimum absolute atomic E-state index is 0.152. The number of nitrogens with two attached hydrogens (primary N) is 1. The Morgan fingerprint density at radius 3 is 2.95 bits per heavy atom. The second-order valence-electron chi connectivity index (χ2n) is 5.60. The average Bonchev–Trinajstić information content (AvgIpc) is 2.49. The molecule has 21 heavy (non-hydrogen) atoms. The highest BCUT2D eigenvalue weighted by Crippen LogP contribution is 2.19. The highest BCUT2D eigenvalue weighted by atomic mass is 16.5. The number of aromatic amines is 1. The van der Waals surface area contributed by atoms with E-state index in [9.17, 15) is 4.79 Å². The third-order valence-electron chi connectivity index (χ3n) is 3.95. The van der Waals surface area contributed by atoms with Crippen LogP contribution < -0.4 is 16.2 Å². The Bertz CT molecular complexity index is 692. The van der Waals surface area contributed by atoms with Crippen molar-refractivity contribution in [1.82, 2.24) is 9.97 Å². The van der Waals surface area contributed by atoms with Crippen LogP contribution in [0.5, 0.6) is 0 Å². The van der Waals surface area contributed by atoms with Gasteiger partial charge < -0.3 is 15.4 Å². The first-order valence-corrected chi connectivity index (χ1v) is 7.22. The summed E-state index contributed by atoms with van der Waals surface area (Å²) in [6.45, 7) is 2.51. The molecule has 6 nitrogen and oxygen atoms in total. The minimum Gasteiger partial charge on any atom is -0.399 e. The van der Waals surface area contributed by atoms with Gasteiger partial charge in [0.15, 0.2) is 0 Å². The molecular weight excluding hydrogens is 268 g/mol. The van der Waals surface area contributed by atoms with Crippen molar-refractivity contribution in [3.8, 4) is 0 Å². The van der Waals surface area contributed by atoms with Crippen LogP contribution in [0.15, 0.2) is 23.0 Å². The molecule has 3 N–H and O–H groups in total. The van der Waals surface area contributed by atoms with Crippen LogP contribution in [0.2, 0.25) is 0 Å². The Kier molecular flexibility index (Phi) is 3.79. The molecule has 0 atom stereocenters. The van der Waals surface area contributed by atoms with E-state index >= 15 is 0 Å². The van der Waals surface area contributed by atoms with Gasteiger partial charge in [-0.25, -0.2) is 4.98 Å². The van der Waals surface area contributed by atoms with E-state index in [1.54, 1.807) is 18.2 Å². The lowest BCUT2D eigenvalue weighted by atomic mass is 10.00. The van der Waals surface area contributed by atoms with E-state index in [2.05, 4.69) is 9.97 Å².